The summed E-state index contributed by atoms with van der Waals surface area (Å²) < 4.78 is 0. The third-order valence-electron chi connectivity index (χ3n) is 1.41. The summed E-state index contributed by atoms with van der Waals surface area (Å²) in [4.78, 5) is 10.6. The number of hydrogen-bond donors (Lipinski definition) is 1. The van der Waals surface area contributed by atoms with Gasteiger partial charge in [-0.05, 0) is 18.2 Å². The van der Waals surface area contributed by atoms with Gasteiger partial charge in [0.25, 0.3) is 0 Å². The molecule has 0 aromatic heterocycles. The number of hydrogen-bond acceptors (Lipinski definition) is 1. The minimum Gasteiger partial charge on any atom is -0.478 e. The quantitative estimate of drug-likeness (QED) is 0.548. The fraction of sp³-hybridized carbons (Fsp3) is 0.100. The van der Waals surface area contributed by atoms with E-state index in [9.17, 15) is 4.79 Å². The van der Waals surface area contributed by atoms with E-state index in [0.717, 1.165) is 0 Å². The van der Waals surface area contributed by atoms with Crippen LogP contribution in [0.15, 0.2) is 24.3 Å². The van der Waals surface area contributed by atoms with Crippen LogP contribution < -0.4 is 0 Å². The van der Waals surface area contributed by atoms with Crippen LogP contribution in [-0.2, 0) is 0 Å². The van der Waals surface area contributed by atoms with Crippen molar-refractivity contribution in [3.63, 3.8) is 0 Å². The van der Waals surface area contributed by atoms with E-state index in [1.165, 1.54) is 12.1 Å². The highest BCUT2D eigenvalue weighted by molar-refractivity contribution is 6.19. The molecule has 1 aromatic carbocycles. The van der Waals surface area contributed by atoms with Crippen LogP contribution in [0.4, 0.5) is 0 Å². The summed E-state index contributed by atoms with van der Waals surface area (Å²) in [6.07, 6.45) is 0. The molecule has 1 rings (SSSR count). The molecular formula is C10H7ClO2. The van der Waals surface area contributed by atoms with Crippen LogP contribution in [0, 0.1) is 11.8 Å². The molecular weight excluding hydrogens is 188 g/mol. The van der Waals surface area contributed by atoms with Gasteiger partial charge < -0.3 is 5.11 Å². The van der Waals surface area contributed by atoms with Crippen LogP contribution in [-0.4, -0.2) is 17.0 Å². The number of carboxylic acid groups (broad SMARTS) is 1. The minimum atomic E-state index is -0.950. The highest BCUT2D eigenvalue weighted by Crippen LogP contribution is 2.03. The zero-order valence-corrected chi connectivity index (χ0v) is 7.51. The maximum Gasteiger partial charge on any atom is 0.335 e. The number of halogens is 1. The van der Waals surface area contributed by atoms with Gasteiger partial charge in [-0.1, -0.05) is 17.9 Å². The maximum absolute atomic E-state index is 10.6. The van der Waals surface area contributed by atoms with Crippen LogP contribution in [0.1, 0.15) is 15.9 Å². The highest BCUT2D eigenvalue weighted by Gasteiger charge is 2.00. The molecule has 0 heterocycles. The molecule has 3 heteroatoms. The number of alkyl halides is 1. The molecule has 0 fully saturated rings. The van der Waals surface area contributed by atoms with Crippen LogP contribution in [0.2, 0.25) is 0 Å². The molecule has 0 atom stereocenters. The third kappa shape index (κ3) is 2.81. The Balaban J connectivity index is 2.98. The van der Waals surface area contributed by atoms with E-state index in [4.69, 9.17) is 16.7 Å². The molecule has 0 spiro atoms. The number of benzene rings is 1. The van der Waals surface area contributed by atoms with Crippen molar-refractivity contribution in [3.05, 3.63) is 35.4 Å². The lowest BCUT2D eigenvalue weighted by atomic mass is 10.1. The minimum absolute atomic E-state index is 0.237. The van der Waals surface area contributed by atoms with Gasteiger partial charge in [0.15, 0.2) is 0 Å². The van der Waals surface area contributed by atoms with Gasteiger partial charge >= 0.3 is 5.97 Å². The molecule has 0 unspecified atom stereocenters. The van der Waals surface area contributed by atoms with Gasteiger partial charge in [-0.3, -0.25) is 0 Å². The number of rotatable bonds is 1. The Kier molecular flexibility index (Phi) is 3.36. The summed E-state index contributed by atoms with van der Waals surface area (Å²) in [6.45, 7) is 0. The second kappa shape index (κ2) is 4.54. The second-order valence-electron chi connectivity index (χ2n) is 2.32. The molecule has 1 aromatic rings. The molecule has 0 amide bonds. The average Bonchev–Trinajstić information content (AvgIpc) is 2.15. The molecule has 13 heavy (non-hydrogen) atoms. The number of carbonyl (C=O) groups is 1. The van der Waals surface area contributed by atoms with Crippen molar-refractivity contribution in [2.45, 2.75) is 0 Å². The Morgan fingerprint density at radius 3 is 2.92 bits per heavy atom. The van der Waals surface area contributed by atoms with Crippen molar-refractivity contribution < 1.29 is 9.90 Å². The van der Waals surface area contributed by atoms with E-state index >= 15 is 0 Å². The van der Waals surface area contributed by atoms with Crippen molar-refractivity contribution in [2.75, 3.05) is 5.88 Å². The van der Waals surface area contributed by atoms with Gasteiger partial charge in [0.1, 0.15) is 0 Å². The summed E-state index contributed by atoms with van der Waals surface area (Å²) in [5.41, 5.74) is 0.905. The van der Waals surface area contributed by atoms with E-state index in [1.807, 2.05) is 0 Å². The van der Waals surface area contributed by atoms with Gasteiger partial charge in [-0.15, -0.1) is 11.6 Å². The molecule has 0 saturated carbocycles. The summed E-state index contributed by atoms with van der Waals surface area (Å²) >= 11 is 5.36. The maximum atomic E-state index is 10.6. The van der Waals surface area contributed by atoms with E-state index in [1.54, 1.807) is 12.1 Å². The molecule has 0 bridgehead atoms. The average molecular weight is 195 g/mol. The molecule has 2 nitrogen and oxygen atoms in total. The fourth-order valence-electron chi connectivity index (χ4n) is 0.865. The van der Waals surface area contributed by atoms with Gasteiger partial charge in [0.05, 0.1) is 11.4 Å². The van der Waals surface area contributed by atoms with Crippen molar-refractivity contribution in [2.24, 2.45) is 0 Å². The van der Waals surface area contributed by atoms with Gasteiger partial charge in [-0.2, -0.15) is 0 Å². The Morgan fingerprint density at radius 1 is 1.54 bits per heavy atom. The third-order valence-corrected chi connectivity index (χ3v) is 1.54. The van der Waals surface area contributed by atoms with E-state index in [-0.39, 0.29) is 11.4 Å². The molecule has 0 aliphatic heterocycles. The molecule has 1 N–H and O–H groups in total. The predicted molar refractivity (Wildman–Crippen MR) is 51.0 cm³/mol. The molecule has 0 aliphatic rings. The lowest BCUT2D eigenvalue weighted by Crippen LogP contribution is -1.95. The van der Waals surface area contributed by atoms with Crippen LogP contribution in [0.25, 0.3) is 0 Å². The first-order chi connectivity index (χ1) is 6.24. The van der Waals surface area contributed by atoms with Crippen LogP contribution in [0.5, 0.6) is 0 Å². The topological polar surface area (TPSA) is 37.3 Å². The van der Waals surface area contributed by atoms with Gasteiger partial charge in [0.2, 0.25) is 0 Å². The first-order valence-electron chi connectivity index (χ1n) is 3.62. The predicted octanol–water partition coefficient (Wildman–Crippen LogP) is 1.98. The van der Waals surface area contributed by atoms with Crippen molar-refractivity contribution in [1.82, 2.24) is 0 Å². The summed E-state index contributed by atoms with van der Waals surface area (Å²) in [5, 5.41) is 8.66. The van der Waals surface area contributed by atoms with Crippen molar-refractivity contribution in [1.29, 1.82) is 0 Å². The van der Waals surface area contributed by atoms with E-state index < -0.39 is 5.97 Å². The fourth-order valence-corrected chi connectivity index (χ4v) is 0.932. The van der Waals surface area contributed by atoms with Gasteiger partial charge in [-0.25, -0.2) is 4.79 Å². The highest BCUT2D eigenvalue weighted by atomic mass is 35.5. The summed E-state index contributed by atoms with van der Waals surface area (Å²) in [7, 11) is 0. The normalized spacial score (nSPS) is 8.69. The molecule has 66 valence electrons. The van der Waals surface area contributed by atoms with Crippen LogP contribution >= 0.6 is 11.6 Å². The van der Waals surface area contributed by atoms with Gasteiger partial charge in [0, 0.05) is 5.56 Å². The molecule has 0 saturated heterocycles. The monoisotopic (exact) mass is 194 g/mol. The van der Waals surface area contributed by atoms with E-state index in [2.05, 4.69) is 11.8 Å². The summed E-state index contributed by atoms with van der Waals surface area (Å²) in [5.74, 6) is 4.70. The van der Waals surface area contributed by atoms with Crippen molar-refractivity contribution >= 4 is 17.6 Å². The largest absolute Gasteiger partial charge is 0.478 e. The first kappa shape index (κ1) is 9.63. The second-order valence-corrected chi connectivity index (χ2v) is 2.59. The lowest BCUT2D eigenvalue weighted by Gasteiger charge is -1.93. The summed E-state index contributed by atoms with van der Waals surface area (Å²) in [6, 6.07) is 6.43. The number of aromatic carboxylic acids is 1. The first-order valence-corrected chi connectivity index (χ1v) is 4.15. The van der Waals surface area contributed by atoms with Crippen LogP contribution in [0.3, 0.4) is 0 Å². The zero-order chi connectivity index (χ0) is 9.68. The Morgan fingerprint density at radius 2 is 2.31 bits per heavy atom. The zero-order valence-electron chi connectivity index (χ0n) is 6.75. The van der Waals surface area contributed by atoms with E-state index in [0.29, 0.717) is 5.56 Å². The van der Waals surface area contributed by atoms with Crippen molar-refractivity contribution in [3.8, 4) is 11.8 Å². The SMILES string of the molecule is O=C(O)c1cccc(C#CCCl)c1. The Labute approximate surface area is 81.1 Å². The molecule has 0 radical (unpaired) electrons. The Hall–Kier alpha value is -1.46. The Bertz CT molecular complexity index is 374. The smallest absolute Gasteiger partial charge is 0.335 e. The molecule has 0 aliphatic carbocycles. The number of carboxylic acids is 1. The lowest BCUT2D eigenvalue weighted by molar-refractivity contribution is 0.0697. The standard InChI is InChI=1S/C10H7ClO2/c11-6-2-4-8-3-1-5-9(7-8)10(12)13/h1,3,5,7H,6H2,(H,12,13).